The second-order valence-corrected chi connectivity index (χ2v) is 4.37. The van der Waals surface area contributed by atoms with E-state index >= 15 is 0 Å². The molecule has 0 fully saturated rings. The summed E-state index contributed by atoms with van der Waals surface area (Å²) in [6.07, 6.45) is -0.858. The third-order valence-electron chi connectivity index (χ3n) is 1.48. The summed E-state index contributed by atoms with van der Waals surface area (Å²) in [5, 5.41) is 2.22. The lowest BCUT2D eigenvalue weighted by atomic mass is 9.28. The Labute approximate surface area is 84.6 Å². The zero-order valence-corrected chi connectivity index (χ0v) is 9.30. The van der Waals surface area contributed by atoms with Crippen LogP contribution in [0.5, 0.6) is 0 Å². The molecule has 0 bridgehead atoms. The quantitative estimate of drug-likeness (QED) is 0.211. The molecule has 1 unspecified atom stereocenters. The van der Waals surface area contributed by atoms with Crippen LogP contribution in [0.3, 0.4) is 0 Å². The van der Waals surface area contributed by atoms with Gasteiger partial charge in [-0.15, -0.1) is 0 Å². The van der Waals surface area contributed by atoms with E-state index in [1.807, 2.05) is 27.1 Å². The standard InChI is InChI=1S/C3H13B4N2O3P/c1-9(7(4)5)13(12-6)11-3-8-2-10/h2H,3-6H2,1H3,(H,8,10)/i2D. The first kappa shape index (κ1) is 11.1. The molecule has 0 spiro atoms. The third kappa shape index (κ3) is 5.37. The van der Waals surface area contributed by atoms with Crippen molar-refractivity contribution in [3.05, 3.63) is 0 Å². The molecule has 70 valence electrons. The molecule has 0 saturated heterocycles. The minimum Gasteiger partial charge on any atom is -0.393 e. The van der Waals surface area contributed by atoms with E-state index in [-0.39, 0.29) is 6.73 Å². The molecule has 0 saturated carbocycles. The van der Waals surface area contributed by atoms with Gasteiger partial charge < -0.3 is 14.3 Å². The number of hydrogen-bond acceptors (Lipinski definition) is 4. The van der Waals surface area contributed by atoms with Crippen molar-refractivity contribution in [2.75, 3.05) is 13.8 Å². The Kier molecular flexibility index (Phi) is 6.37. The summed E-state index contributed by atoms with van der Waals surface area (Å²) in [4.78, 5) is 10.2. The van der Waals surface area contributed by atoms with Crippen LogP contribution in [0.2, 0.25) is 0 Å². The van der Waals surface area contributed by atoms with Crippen molar-refractivity contribution in [1.82, 2.24) is 9.90 Å². The van der Waals surface area contributed by atoms with Crippen molar-refractivity contribution in [3.8, 4) is 0 Å². The van der Waals surface area contributed by atoms with Gasteiger partial charge in [-0.2, -0.15) is 0 Å². The predicted octanol–water partition coefficient (Wildman–Crippen LogP) is -3.32. The summed E-state index contributed by atoms with van der Waals surface area (Å²) in [7, 11) is 6.30. The molecule has 0 heterocycles. The van der Waals surface area contributed by atoms with Gasteiger partial charge >= 0.3 is 0 Å². The molecule has 0 radical (unpaired) electrons. The van der Waals surface area contributed by atoms with Gasteiger partial charge in [-0.3, -0.25) is 9.38 Å². The Morgan fingerprint density at radius 3 is 2.85 bits per heavy atom. The van der Waals surface area contributed by atoms with Crippen molar-refractivity contribution in [2.24, 2.45) is 0 Å². The first-order valence-electron chi connectivity index (χ1n) is 4.43. The lowest BCUT2D eigenvalue weighted by molar-refractivity contribution is -0.110. The van der Waals surface area contributed by atoms with Gasteiger partial charge in [-0.1, -0.05) is 0 Å². The maximum absolute atomic E-state index is 10.2. The third-order valence-corrected chi connectivity index (χ3v) is 3.12. The number of carbonyl (C=O) groups is 1. The SMILES string of the molecule is [2H]C(=O)NCOP(OB)N(C)B(B)B. The van der Waals surface area contributed by atoms with E-state index in [9.17, 15) is 4.79 Å². The van der Waals surface area contributed by atoms with E-state index < -0.39 is 14.9 Å². The van der Waals surface area contributed by atoms with Crippen LogP contribution >= 0.6 is 8.53 Å². The van der Waals surface area contributed by atoms with E-state index in [1.165, 1.54) is 0 Å². The lowest BCUT2D eigenvalue weighted by Crippen LogP contribution is -2.35. The summed E-state index contributed by atoms with van der Waals surface area (Å²) in [5.74, 6) is 0. The minimum atomic E-state index is -1.15. The van der Waals surface area contributed by atoms with E-state index in [1.54, 1.807) is 8.05 Å². The van der Waals surface area contributed by atoms with E-state index in [4.69, 9.17) is 10.3 Å². The lowest BCUT2D eigenvalue weighted by Gasteiger charge is -2.27. The number of carbonyl (C=O) groups excluding carboxylic acids is 1. The van der Waals surface area contributed by atoms with Gasteiger partial charge in [-0.05, 0) is 7.05 Å². The predicted molar refractivity (Wildman–Crippen MR) is 62.3 cm³/mol. The summed E-state index contributed by atoms with van der Waals surface area (Å²) in [6, 6.07) is 0. The molecule has 0 aliphatic heterocycles. The fraction of sp³-hybridized carbons (Fsp3) is 0.667. The van der Waals surface area contributed by atoms with E-state index in [0.29, 0.717) is 6.63 Å². The highest BCUT2D eigenvalue weighted by Crippen LogP contribution is 2.39. The highest BCUT2D eigenvalue weighted by molar-refractivity contribution is 7.51. The van der Waals surface area contributed by atoms with Crippen LogP contribution in [-0.4, -0.2) is 54.9 Å². The van der Waals surface area contributed by atoms with Gasteiger partial charge in [-0.25, -0.2) is 0 Å². The van der Waals surface area contributed by atoms with Crippen LogP contribution in [0.4, 0.5) is 0 Å². The number of rotatable bonds is 6. The topological polar surface area (TPSA) is 50.8 Å². The average Bonchev–Trinajstić information content (AvgIpc) is 2.10. The maximum Gasteiger partial charge on any atom is 0.267 e. The zero-order valence-electron chi connectivity index (χ0n) is 9.40. The Hall–Kier alpha value is 0.0397. The summed E-state index contributed by atoms with van der Waals surface area (Å²) >= 11 is 0. The van der Waals surface area contributed by atoms with Gasteiger partial charge in [0.25, 0.3) is 8.05 Å². The molecule has 5 nitrogen and oxygen atoms in total. The Morgan fingerprint density at radius 1 is 1.85 bits per heavy atom. The normalized spacial score (nSPS) is 13.5. The molecule has 0 aliphatic rings. The van der Waals surface area contributed by atoms with Crippen LogP contribution in [0.25, 0.3) is 0 Å². The smallest absolute Gasteiger partial charge is 0.267 e. The molecular weight excluding hydrogens is 186 g/mol. The van der Waals surface area contributed by atoms with Crippen molar-refractivity contribution in [3.63, 3.8) is 0 Å². The van der Waals surface area contributed by atoms with Gasteiger partial charge in [0.2, 0.25) is 14.9 Å². The fourth-order valence-electron chi connectivity index (χ4n) is 0.578. The first-order valence-corrected chi connectivity index (χ1v) is 5.06. The highest BCUT2D eigenvalue weighted by atomic mass is 31.2. The molecule has 0 aromatic rings. The van der Waals surface area contributed by atoms with Crippen molar-refractivity contribution >= 4 is 45.1 Å². The van der Waals surface area contributed by atoms with Crippen LogP contribution in [0, 0.1) is 0 Å². The van der Waals surface area contributed by atoms with Crippen LogP contribution in [-0.2, 0) is 13.8 Å². The number of hydrogen-bond donors (Lipinski definition) is 1. The highest BCUT2D eigenvalue weighted by Gasteiger charge is 2.19. The number of nitrogens with zero attached hydrogens (tertiary/aromatic N) is 1. The van der Waals surface area contributed by atoms with Gasteiger partial charge in [0, 0.05) is 0 Å². The largest absolute Gasteiger partial charge is 0.393 e. The van der Waals surface area contributed by atoms with Crippen molar-refractivity contribution in [1.29, 1.82) is 0 Å². The van der Waals surface area contributed by atoms with Gasteiger partial charge in [0.15, 0.2) is 0 Å². The number of nitrogens with one attached hydrogen (secondary N) is 1. The first-order chi connectivity index (χ1) is 6.49. The van der Waals surface area contributed by atoms with Gasteiger partial charge in [0.1, 0.15) is 14.7 Å². The fourth-order valence-corrected chi connectivity index (χ4v) is 1.68. The molecule has 1 amide bonds. The maximum atomic E-state index is 10.2. The van der Waals surface area contributed by atoms with Crippen LogP contribution < -0.4 is 5.32 Å². The number of amides is 1. The summed E-state index contributed by atoms with van der Waals surface area (Å²) in [5.41, 5.74) is 0. The molecule has 1 N–H and O–H groups in total. The van der Waals surface area contributed by atoms with Crippen LogP contribution in [0.15, 0.2) is 0 Å². The van der Waals surface area contributed by atoms with Crippen molar-refractivity contribution in [2.45, 2.75) is 0 Å². The Bertz CT molecular complexity index is 189. The van der Waals surface area contributed by atoms with Gasteiger partial charge in [0.05, 0.1) is 15.5 Å². The Morgan fingerprint density at radius 2 is 2.46 bits per heavy atom. The minimum absolute atomic E-state index is 0.00105. The average molecular weight is 200 g/mol. The summed E-state index contributed by atoms with van der Waals surface area (Å²) < 4.78 is 18.9. The molecule has 10 heteroatoms. The summed E-state index contributed by atoms with van der Waals surface area (Å²) in [6.45, 7) is 0.298. The molecule has 0 aromatic carbocycles. The van der Waals surface area contributed by atoms with E-state index in [0.717, 1.165) is 0 Å². The molecule has 1 atom stereocenters. The monoisotopic (exact) mass is 201 g/mol. The van der Waals surface area contributed by atoms with Crippen molar-refractivity contribution < 1.29 is 15.1 Å². The molecule has 13 heavy (non-hydrogen) atoms. The zero-order chi connectivity index (χ0) is 11.1. The molecule has 0 rings (SSSR count). The van der Waals surface area contributed by atoms with Crippen LogP contribution in [0.1, 0.15) is 1.37 Å². The molecule has 0 aromatic heterocycles. The second kappa shape index (κ2) is 7.44. The second-order valence-electron chi connectivity index (χ2n) is 2.64. The Balaban J connectivity index is 3.84. The molecular formula is C3H13B4N2O3P. The molecule has 0 aliphatic carbocycles. The van der Waals surface area contributed by atoms with E-state index in [2.05, 4.69) is 5.32 Å².